The average molecular weight is 241 g/mol. The Hall–Kier alpha value is -1.69. The normalized spacial score (nSPS) is 18.7. The Morgan fingerprint density at radius 3 is 2.50 bits per heavy atom. The standard InChI is InChI=1S/C15H19N3/c16-8-10-1-6-14(17)15(7-10)18-9-13(11-2-3-11)12-4-5-12/h1,6-7,11-13,18H,2-5,9,17H2. The molecule has 0 bridgehead atoms. The van der Waals surface area contributed by atoms with Gasteiger partial charge in [0.2, 0.25) is 0 Å². The highest BCUT2D eigenvalue weighted by Crippen LogP contribution is 2.49. The number of benzene rings is 1. The zero-order valence-corrected chi connectivity index (χ0v) is 10.5. The lowest BCUT2D eigenvalue weighted by molar-refractivity contribution is 0.428. The van der Waals surface area contributed by atoms with Crippen molar-refractivity contribution in [1.82, 2.24) is 0 Å². The SMILES string of the molecule is N#Cc1ccc(N)c(NCC(C2CC2)C2CC2)c1. The Morgan fingerprint density at radius 1 is 1.28 bits per heavy atom. The Kier molecular flexibility index (Phi) is 2.87. The molecule has 2 aliphatic carbocycles. The predicted molar refractivity (Wildman–Crippen MR) is 73.0 cm³/mol. The molecule has 0 heterocycles. The van der Waals surface area contributed by atoms with E-state index in [1.165, 1.54) is 25.7 Å². The summed E-state index contributed by atoms with van der Waals surface area (Å²) in [6.45, 7) is 1.01. The van der Waals surface area contributed by atoms with Crippen LogP contribution in [0.5, 0.6) is 0 Å². The molecule has 3 N–H and O–H groups in total. The molecule has 1 aromatic rings. The number of nitrogens with one attached hydrogen (secondary N) is 1. The number of hydrogen-bond acceptors (Lipinski definition) is 3. The van der Waals surface area contributed by atoms with Gasteiger partial charge in [0, 0.05) is 6.54 Å². The molecule has 0 spiro atoms. The highest BCUT2D eigenvalue weighted by Gasteiger charge is 2.40. The van der Waals surface area contributed by atoms with Gasteiger partial charge in [0.05, 0.1) is 23.0 Å². The van der Waals surface area contributed by atoms with Crippen LogP contribution in [0.2, 0.25) is 0 Å². The van der Waals surface area contributed by atoms with Gasteiger partial charge in [-0.1, -0.05) is 0 Å². The third-order valence-electron chi connectivity index (χ3n) is 4.17. The van der Waals surface area contributed by atoms with Crippen molar-refractivity contribution in [2.45, 2.75) is 25.7 Å². The summed E-state index contributed by atoms with van der Waals surface area (Å²) >= 11 is 0. The number of nitrogens with two attached hydrogens (primary N) is 1. The molecule has 0 unspecified atom stereocenters. The van der Waals surface area contributed by atoms with Crippen molar-refractivity contribution >= 4 is 11.4 Å². The average Bonchev–Trinajstić information content (AvgIpc) is 3.25. The maximum Gasteiger partial charge on any atom is 0.0992 e. The largest absolute Gasteiger partial charge is 0.397 e. The zero-order valence-electron chi connectivity index (χ0n) is 10.5. The van der Waals surface area contributed by atoms with Crippen molar-refractivity contribution < 1.29 is 0 Å². The number of rotatable bonds is 5. The molecule has 2 saturated carbocycles. The Balaban J connectivity index is 1.66. The van der Waals surface area contributed by atoms with E-state index in [0.717, 1.165) is 35.7 Å². The molecule has 94 valence electrons. The van der Waals surface area contributed by atoms with Crippen LogP contribution in [0, 0.1) is 29.1 Å². The van der Waals surface area contributed by atoms with Gasteiger partial charge in [-0.2, -0.15) is 5.26 Å². The Morgan fingerprint density at radius 2 is 1.94 bits per heavy atom. The van der Waals surface area contributed by atoms with E-state index >= 15 is 0 Å². The molecular weight excluding hydrogens is 222 g/mol. The highest BCUT2D eigenvalue weighted by atomic mass is 14.9. The maximum absolute atomic E-state index is 8.91. The van der Waals surface area contributed by atoms with E-state index in [-0.39, 0.29) is 0 Å². The van der Waals surface area contributed by atoms with E-state index in [1.54, 1.807) is 6.07 Å². The first-order chi connectivity index (χ1) is 8.78. The fourth-order valence-electron chi connectivity index (χ4n) is 2.77. The van der Waals surface area contributed by atoms with Gasteiger partial charge in [-0.3, -0.25) is 0 Å². The van der Waals surface area contributed by atoms with Gasteiger partial charge in [-0.15, -0.1) is 0 Å². The van der Waals surface area contributed by atoms with Crippen molar-refractivity contribution in [1.29, 1.82) is 5.26 Å². The lowest BCUT2D eigenvalue weighted by atomic mass is 9.98. The van der Waals surface area contributed by atoms with Crippen LogP contribution in [-0.2, 0) is 0 Å². The molecule has 0 amide bonds. The molecular formula is C15H19N3. The molecule has 0 atom stereocenters. The summed E-state index contributed by atoms with van der Waals surface area (Å²) in [7, 11) is 0. The first kappa shape index (κ1) is 11.4. The molecule has 0 aliphatic heterocycles. The minimum Gasteiger partial charge on any atom is -0.397 e. The molecule has 0 saturated heterocycles. The highest BCUT2D eigenvalue weighted by molar-refractivity contribution is 5.68. The van der Waals surface area contributed by atoms with Gasteiger partial charge < -0.3 is 11.1 Å². The van der Waals surface area contributed by atoms with Gasteiger partial charge in [0.15, 0.2) is 0 Å². The third-order valence-corrected chi connectivity index (χ3v) is 4.17. The summed E-state index contributed by atoms with van der Waals surface area (Å²) < 4.78 is 0. The zero-order chi connectivity index (χ0) is 12.5. The van der Waals surface area contributed by atoms with Gasteiger partial charge in [-0.25, -0.2) is 0 Å². The van der Waals surface area contributed by atoms with Crippen LogP contribution in [0.4, 0.5) is 11.4 Å². The fraction of sp³-hybridized carbons (Fsp3) is 0.533. The van der Waals surface area contributed by atoms with Crippen molar-refractivity contribution in [3.63, 3.8) is 0 Å². The van der Waals surface area contributed by atoms with E-state index in [4.69, 9.17) is 11.0 Å². The summed E-state index contributed by atoms with van der Waals surface area (Å²) in [5, 5.41) is 12.4. The van der Waals surface area contributed by atoms with E-state index in [1.807, 2.05) is 12.1 Å². The number of nitrogen functional groups attached to an aromatic ring is 1. The van der Waals surface area contributed by atoms with E-state index < -0.39 is 0 Å². The second-order valence-corrected chi connectivity index (χ2v) is 5.63. The summed E-state index contributed by atoms with van der Waals surface area (Å²) in [6, 6.07) is 7.58. The maximum atomic E-state index is 8.91. The predicted octanol–water partition coefficient (Wildman–Crippen LogP) is 2.99. The topological polar surface area (TPSA) is 61.8 Å². The second-order valence-electron chi connectivity index (χ2n) is 5.63. The Bertz CT molecular complexity index is 469. The smallest absolute Gasteiger partial charge is 0.0992 e. The lowest BCUT2D eigenvalue weighted by Gasteiger charge is -2.18. The molecule has 2 fully saturated rings. The van der Waals surface area contributed by atoms with E-state index in [9.17, 15) is 0 Å². The van der Waals surface area contributed by atoms with Crippen molar-refractivity contribution in [2.75, 3.05) is 17.6 Å². The lowest BCUT2D eigenvalue weighted by Crippen LogP contribution is -2.18. The quantitative estimate of drug-likeness (QED) is 0.779. The van der Waals surface area contributed by atoms with Gasteiger partial charge in [0.1, 0.15) is 0 Å². The third kappa shape index (κ3) is 2.43. The van der Waals surface area contributed by atoms with Crippen LogP contribution in [0.3, 0.4) is 0 Å². The molecule has 3 heteroatoms. The number of nitriles is 1. The van der Waals surface area contributed by atoms with E-state index in [0.29, 0.717) is 5.56 Å². The molecule has 3 rings (SSSR count). The van der Waals surface area contributed by atoms with Crippen LogP contribution in [-0.4, -0.2) is 6.54 Å². The summed E-state index contributed by atoms with van der Waals surface area (Å²) in [5.74, 6) is 2.69. The molecule has 2 aliphatic rings. The number of anilines is 2. The number of nitrogens with zero attached hydrogens (tertiary/aromatic N) is 1. The molecule has 0 radical (unpaired) electrons. The summed E-state index contributed by atoms with van der Waals surface area (Å²) in [6.07, 6.45) is 5.60. The van der Waals surface area contributed by atoms with E-state index in [2.05, 4.69) is 11.4 Å². The Labute approximate surface area is 108 Å². The van der Waals surface area contributed by atoms with Crippen molar-refractivity contribution in [3.05, 3.63) is 23.8 Å². The molecule has 3 nitrogen and oxygen atoms in total. The number of hydrogen-bond donors (Lipinski definition) is 2. The van der Waals surface area contributed by atoms with Crippen LogP contribution < -0.4 is 11.1 Å². The monoisotopic (exact) mass is 241 g/mol. The summed E-state index contributed by atoms with van der Waals surface area (Å²) in [5.41, 5.74) is 8.26. The van der Waals surface area contributed by atoms with Gasteiger partial charge in [0.25, 0.3) is 0 Å². The second kappa shape index (κ2) is 4.53. The van der Waals surface area contributed by atoms with Crippen LogP contribution in [0.15, 0.2) is 18.2 Å². The van der Waals surface area contributed by atoms with Gasteiger partial charge >= 0.3 is 0 Å². The van der Waals surface area contributed by atoms with Crippen LogP contribution >= 0.6 is 0 Å². The minimum atomic E-state index is 0.668. The first-order valence-electron chi connectivity index (χ1n) is 6.81. The minimum absolute atomic E-state index is 0.668. The molecule has 1 aromatic carbocycles. The van der Waals surface area contributed by atoms with Crippen LogP contribution in [0.25, 0.3) is 0 Å². The van der Waals surface area contributed by atoms with Gasteiger partial charge in [-0.05, 0) is 61.6 Å². The van der Waals surface area contributed by atoms with Crippen molar-refractivity contribution in [2.24, 2.45) is 17.8 Å². The fourth-order valence-corrected chi connectivity index (χ4v) is 2.77. The molecule has 0 aromatic heterocycles. The molecule has 18 heavy (non-hydrogen) atoms. The van der Waals surface area contributed by atoms with Crippen LogP contribution in [0.1, 0.15) is 31.2 Å². The summed E-state index contributed by atoms with van der Waals surface area (Å²) in [4.78, 5) is 0. The first-order valence-corrected chi connectivity index (χ1v) is 6.81. The van der Waals surface area contributed by atoms with Crippen molar-refractivity contribution in [3.8, 4) is 6.07 Å².